The van der Waals surface area contributed by atoms with Crippen molar-refractivity contribution in [3.63, 3.8) is 0 Å². The zero-order chi connectivity index (χ0) is 24.1. The van der Waals surface area contributed by atoms with Crippen LogP contribution in [0.15, 0.2) is 71.1 Å². The number of imide groups is 1. The van der Waals surface area contributed by atoms with Crippen LogP contribution in [-0.4, -0.2) is 29.3 Å². The van der Waals surface area contributed by atoms with Crippen LogP contribution in [0.1, 0.15) is 37.5 Å². The van der Waals surface area contributed by atoms with Crippen molar-refractivity contribution in [3.8, 4) is 11.3 Å². The Balaban J connectivity index is 1.40. The molecule has 2 N–H and O–H groups in total. The van der Waals surface area contributed by atoms with Crippen LogP contribution >= 0.6 is 11.6 Å². The van der Waals surface area contributed by atoms with Gasteiger partial charge in [-0.2, -0.15) is 0 Å². The molecule has 2 heterocycles. The summed E-state index contributed by atoms with van der Waals surface area (Å²) in [6.45, 7) is 1.80. The lowest BCUT2D eigenvalue weighted by Gasteiger charge is -2.27. The van der Waals surface area contributed by atoms with E-state index in [1.165, 1.54) is 0 Å². The van der Waals surface area contributed by atoms with Gasteiger partial charge in [-0.3, -0.25) is 14.5 Å². The van der Waals surface area contributed by atoms with E-state index < -0.39 is 23.4 Å². The van der Waals surface area contributed by atoms with Crippen LogP contribution < -0.4 is 10.6 Å². The normalized spacial score (nSPS) is 17.6. The largest absolute Gasteiger partial charge is 0.459 e. The Hall–Kier alpha value is -3.58. The summed E-state index contributed by atoms with van der Waals surface area (Å²) >= 11 is 5.92. The minimum absolute atomic E-state index is 0.135. The first kappa shape index (κ1) is 23.6. The fourth-order valence-corrected chi connectivity index (χ4v) is 4.20. The van der Waals surface area contributed by atoms with Crippen LogP contribution in [0.2, 0.25) is 5.02 Å². The molecule has 0 spiro atoms. The summed E-state index contributed by atoms with van der Waals surface area (Å²) < 4.78 is 5.79. The predicted octanol–water partition coefficient (Wildman–Crippen LogP) is 4.85. The van der Waals surface area contributed by atoms with E-state index in [4.69, 9.17) is 16.0 Å². The van der Waals surface area contributed by atoms with Gasteiger partial charge < -0.3 is 15.1 Å². The topological polar surface area (TPSA) is 91.7 Å². The smallest absolute Gasteiger partial charge is 0.325 e. The molecule has 3 aromatic rings. The number of urea groups is 1. The number of nitrogens with one attached hydrogen (secondary N) is 2. The Labute approximate surface area is 203 Å². The van der Waals surface area contributed by atoms with Crippen molar-refractivity contribution in [1.82, 2.24) is 15.5 Å². The van der Waals surface area contributed by atoms with E-state index in [9.17, 15) is 14.4 Å². The first-order chi connectivity index (χ1) is 16.4. The van der Waals surface area contributed by atoms with Gasteiger partial charge in [0.25, 0.3) is 5.91 Å². The summed E-state index contributed by atoms with van der Waals surface area (Å²) in [6, 6.07) is 19.4. The molecule has 4 rings (SSSR count). The van der Waals surface area contributed by atoms with Crippen molar-refractivity contribution < 1.29 is 18.8 Å². The van der Waals surface area contributed by atoms with Crippen molar-refractivity contribution in [2.45, 2.75) is 38.3 Å². The fraction of sp³-hybridized carbons (Fsp3) is 0.269. The summed E-state index contributed by atoms with van der Waals surface area (Å²) in [5.74, 6) is 0.346. The minimum Gasteiger partial charge on any atom is -0.459 e. The molecule has 1 aromatic heterocycles. The van der Waals surface area contributed by atoms with E-state index >= 15 is 0 Å². The lowest BCUT2D eigenvalue weighted by Crippen LogP contribution is -2.45. The summed E-state index contributed by atoms with van der Waals surface area (Å²) in [7, 11) is 0. The van der Waals surface area contributed by atoms with E-state index in [0.29, 0.717) is 23.0 Å². The van der Waals surface area contributed by atoms with Gasteiger partial charge in [-0.05, 0) is 48.4 Å². The highest BCUT2D eigenvalue weighted by molar-refractivity contribution is 6.30. The second-order valence-corrected chi connectivity index (χ2v) is 8.68. The Morgan fingerprint density at radius 1 is 1.06 bits per heavy atom. The van der Waals surface area contributed by atoms with Crippen molar-refractivity contribution >= 4 is 29.4 Å². The number of hydrogen-bond donors (Lipinski definition) is 2. The second-order valence-electron chi connectivity index (χ2n) is 8.25. The zero-order valence-corrected chi connectivity index (χ0v) is 19.6. The molecule has 176 valence electrons. The maximum Gasteiger partial charge on any atom is 0.325 e. The Kier molecular flexibility index (Phi) is 7.03. The molecule has 0 radical (unpaired) electrons. The van der Waals surface area contributed by atoms with E-state index in [2.05, 4.69) is 10.6 Å². The lowest BCUT2D eigenvalue weighted by molar-refractivity contribution is -0.135. The van der Waals surface area contributed by atoms with E-state index in [0.717, 1.165) is 28.9 Å². The molecule has 2 aromatic carbocycles. The molecular weight excluding hydrogens is 454 g/mol. The molecule has 1 saturated heterocycles. The molecule has 1 aliphatic heterocycles. The van der Waals surface area contributed by atoms with E-state index in [1.807, 2.05) is 55.5 Å². The molecule has 1 atom stereocenters. The van der Waals surface area contributed by atoms with Crippen LogP contribution in [0.4, 0.5) is 4.79 Å². The Morgan fingerprint density at radius 3 is 2.50 bits per heavy atom. The van der Waals surface area contributed by atoms with Crippen molar-refractivity contribution in [3.05, 3.63) is 83.1 Å². The standard InChI is InChI=1S/C26H26ClN3O4/c1-2-3-15-26(19-7-5-4-6-8-19)24(32)30(25(33)29-26)17-23(31)28-16-21-13-14-22(34-21)18-9-11-20(27)12-10-18/h4-14H,2-3,15-17H2,1H3,(H,28,31)(H,29,33). The molecule has 34 heavy (non-hydrogen) atoms. The fourth-order valence-electron chi connectivity index (χ4n) is 4.07. The molecule has 0 bridgehead atoms. The predicted molar refractivity (Wildman–Crippen MR) is 129 cm³/mol. The van der Waals surface area contributed by atoms with Gasteiger partial charge in [0, 0.05) is 10.6 Å². The molecule has 0 saturated carbocycles. The average Bonchev–Trinajstić information content (AvgIpc) is 3.41. The van der Waals surface area contributed by atoms with E-state index in [-0.39, 0.29) is 13.1 Å². The number of hydrogen-bond acceptors (Lipinski definition) is 4. The molecular formula is C26H26ClN3O4. The van der Waals surface area contributed by atoms with Crippen molar-refractivity contribution in [2.75, 3.05) is 6.54 Å². The van der Waals surface area contributed by atoms with Gasteiger partial charge in [0.1, 0.15) is 23.6 Å². The minimum atomic E-state index is -1.15. The zero-order valence-electron chi connectivity index (χ0n) is 18.8. The third-order valence-electron chi connectivity index (χ3n) is 5.90. The molecule has 8 heteroatoms. The van der Waals surface area contributed by atoms with Gasteiger partial charge in [0.2, 0.25) is 5.91 Å². The number of furan rings is 1. The quantitative estimate of drug-likeness (QED) is 0.429. The lowest BCUT2D eigenvalue weighted by atomic mass is 9.85. The number of rotatable bonds is 9. The van der Waals surface area contributed by atoms with Gasteiger partial charge >= 0.3 is 6.03 Å². The third kappa shape index (κ3) is 4.84. The van der Waals surface area contributed by atoms with Crippen molar-refractivity contribution in [2.24, 2.45) is 0 Å². The summed E-state index contributed by atoms with van der Waals surface area (Å²) in [6.07, 6.45) is 2.10. The highest BCUT2D eigenvalue weighted by Crippen LogP contribution is 2.34. The Morgan fingerprint density at radius 2 is 1.79 bits per heavy atom. The van der Waals surface area contributed by atoms with Crippen LogP contribution in [0.25, 0.3) is 11.3 Å². The van der Waals surface area contributed by atoms with E-state index in [1.54, 1.807) is 18.2 Å². The number of nitrogens with zero attached hydrogens (tertiary/aromatic N) is 1. The molecule has 1 aliphatic rings. The summed E-state index contributed by atoms with van der Waals surface area (Å²) in [4.78, 5) is 39.7. The first-order valence-electron chi connectivity index (χ1n) is 11.2. The van der Waals surface area contributed by atoms with Crippen LogP contribution in [0.5, 0.6) is 0 Å². The Bertz CT molecular complexity index is 1180. The first-order valence-corrected chi connectivity index (χ1v) is 11.6. The van der Waals surface area contributed by atoms with Crippen LogP contribution in [0, 0.1) is 0 Å². The highest BCUT2D eigenvalue weighted by Gasteiger charge is 2.52. The second kappa shape index (κ2) is 10.1. The van der Waals surface area contributed by atoms with Gasteiger partial charge in [-0.25, -0.2) is 4.79 Å². The number of amides is 4. The molecule has 7 nitrogen and oxygen atoms in total. The monoisotopic (exact) mass is 479 g/mol. The van der Waals surface area contributed by atoms with Crippen LogP contribution in [0.3, 0.4) is 0 Å². The van der Waals surface area contributed by atoms with Gasteiger partial charge in [0.15, 0.2) is 0 Å². The number of halogens is 1. The van der Waals surface area contributed by atoms with Crippen molar-refractivity contribution in [1.29, 1.82) is 0 Å². The third-order valence-corrected chi connectivity index (χ3v) is 6.15. The van der Waals surface area contributed by atoms with Gasteiger partial charge in [-0.15, -0.1) is 0 Å². The van der Waals surface area contributed by atoms with Crippen LogP contribution in [-0.2, 0) is 21.7 Å². The highest BCUT2D eigenvalue weighted by atomic mass is 35.5. The molecule has 0 aliphatic carbocycles. The molecule has 1 fully saturated rings. The molecule has 4 amide bonds. The number of unbranched alkanes of at least 4 members (excludes halogenated alkanes) is 1. The number of carbonyl (C=O) groups excluding carboxylic acids is 3. The summed E-state index contributed by atoms with van der Waals surface area (Å²) in [5, 5.41) is 6.21. The SMILES string of the molecule is CCCCC1(c2ccccc2)NC(=O)N(CC(=O)NCc2ccc(-c3ccc(Cl)cc3)o2)C1=O. The number of carbonyl (C=O) groups is 3. The van der Waals surface area contributed by atoms with Gasteiger partial charge in [0.05, 0.1) is 6.54 Å². The average molecular weight is 480 g/mol. The van der Waals surface area contributed by atoms with Gasteiger partial charge in [-0.1, -0.05) is 61.7 Å². The summed E-state index contributed by atoms with van der Waals surface area (Å²) in [5.41, 5.74) is 0.434. The maximum absolute atomic E-state index is 13.4. The maximum atomic E-state index is 13.4. The molecule has 1 unspecified atom stereocenters. The number of benzene rings is 2.